The van der Waals surface area contributed by atoms with Crippen LogP contribution in [0.5, 0.6) is 0 Å². The summed E-state index contributed by atoms with van der Waals surface area (Å²) in [5, 5.41) is 10.3. The topological polar surface area (TPSA) is 43.1 Å². The van der Waals surface area contributed by atoms with E-state index in [4.69, 9.17) is 11.6 Å². The van der Waals surface area contributed by atoms with E-state index in [1.54, 1.807) is 0 Å². The largest absolute Gasteiger partial charge is 0.270 e. The fraction of sp³-hybridized carbons (Fsp3) is 0.250. The highest BCUT2D eigenvalue weighted by molar-refractivity contribution is 6.31. The predicted molar refractivity (Wildman–Crippen MR) is 47.8 cm³/mol. The molecule has 0 radical (unpaired) electrons. The van der Waals surface area contributed by atoms with Crippen molar-refractivity contribution in [2.24, 2.45) is 0 Å². The first-order valence-corrected chi connectivity index (χ1v) is 4.09. The summed E-state index contributed by atoms with van der Waals surface area (Å²) in [5.41, 5.74) is 0.0142. The van der Waals surface area contributed by atoms with Gasteiger partial charge in [-0.05, 0) is 5.56 Å². The summed E-state index contributed by atoms with van der Waals surface area (Å²) in [6.07, 6.45) is -2.99. The lowest BCUT2D eigenvalue weighted by Crippen LogP contribution is -1.98. The van der Waals surface area contributed by atoms with Crippen molar-refractivity contribution in [3.05, 3.63) is 38.9 Å². The van der Waals surface area contributed by atoms with E-state index >= 15 is 0 Å². The Morgan fingerprint density at radius 2 is 2.14 bits per heavy atom. The molecule has 0 saturated carbocycles. The monoisotopic (exact) mass is 221 g/mol. The molecule has 0 unspecified atom stereocenters. The van der Waals surface area contributed by atoms with Crippen molar-refractivity contribution in [2.75, 3.05) is 0 Å². The number of non-ortho nitro benzene ring substituents is 1. The molecule has 0 amide bonds. The molecule has 0 N–H and O–H groups in total. The molecule has 14 heavy (non-hydrogen) atoms. The first kappa shape index (κ1) is 10.8. The minimum Gasteiger partial charge on any atom is -0.258 e. The molecule has 0 aliphatic rings. The summed E-state index contributed by atoms with van der Waals surface area (Å²) >= 11 is 5.58. The number of hydrogen-bond donors (Lipinski definition) is 0. The summed E-state index contributed by atoms with van der Waals surface area (Å²) in [4.78, 5) is 9.66. The van der Waals surface area contributed by atoms with Gasteiger partial charge < -0.3 is 0 Å². The Bertz CT molecular complexity index is 357. The van der Waals surface area contributed by atoms with Crippen molar-refractivity contribution in [3.63, 3.8) is 0 Å². The highest BCUT2D eigenvalue weighted by atomic mass is 35.5. The Morgan fingerprint density at radius 1 is 1.50 bits per heavy atom. The molecule has 0 fully saturated rings. The zero-order valence-electron chi connectivity index (χ0n) is 6.91. The van der Waals surface area contributed by atoms with E-state index in [9.17, 15) is 18.9 Å². The summed E-state index contributed by atoms with van der Waals surface area (Å²) in [7, 11) is 0. The van der Waals surface area contributed by atoms with Gasteiger partial charge in [-0.3, -0.25) is 10.1 Å². The Labute approximate surface area is 83.4 Å². The van der Waals surface area contributed by atoms with Gasteiger partial charge in [0.25, 0.3) is 5.69 Å². The summed E-state index contributed by atoms with van der Waals surface area (Å²) in [6, 6.07) is 3.47. The van der Waals surface area contributed by atoms with Gasteiger partial charge in [-0.2, -0.15) is 0 Å². The van der Waals surface area contributed by atoms with Gasteiger partial charge in [-0.25, -0.2) is 8.78 Å². The van der Waals surface area contributed by atoms with Gasteiger partial charge in [0.1, 0.15) is 0 Å². The zero-order valence-corrected chi connectivity index (χ0v) is 7.67. The highest BCUT2D eigenvalue weighted by Crippen LogP contribution is 2.24. The SMILES string of the molecule is O=[N+]([O-])c1ccc(CC(F)F)c(Cl)c1. The number of hydrogen-bond acceptors (Lipinski definition) is 2. The zero-order chi connectivity index (χ0) is 10.7. The van der Waals surface area contributed by atoms with Crippen LogP contribution in [0.2, 0.25) is 5.02 Å². The Hall–Kier alpha value is -1.23. The second-order valence-electron chi connectivity index (χ2n) is 2.63. The molecule has 0 heterocycles. The minimum atomic E-state index is -2.51. The van der Waals surface area contributed by atoms with Crippen molar-refractivity contribution in [2.45, 2.75) is 12.8 Å². The lowest BCUT2D eigenvalue weighted by atomic mass is 10.1. The van der Waals surface area contributed by atoms with Gasteiger partial charge in [0, 0.05) is 18.6 Å². The van der Waals surface area contributed by atoms with Crippen molar-refractivity contribution >= 4 is 17.3 Å². The molecular formula is C8H6ClF2NO2. The first-order chi connectivity index (χ1) is 6.50. The number of nitrogens with zero attached hydrogens (tertiary/aromatic N) is 1. The van der Waals surface area contributed by atoms with Crippen LogP contribution in [0.3, 0.4) is 0 Å². The molecule has 6 heteroatoms. The normalized spacial score (nSPS) is 10.6. The molecule has 0 aromatic heterocycles. The van der Waals surface area contributed by atoms with Gasteiger partial charge in [0.2, 0.25) is 6.43 Å². The van der Waals surface area contributed by atoms with Crippen LogP contribution in [0.4, 0.5) is 14.5 Å². The van der Waals surface area contributed by atoms with Crippen molar-refractivity contribution < 1.29 is 13.7 Å². The number of alkyl halides is 2. The second-order valence-corrected chi connectivity index (χ2v) is 3.04. The van der Waals surface area contributed by atoms with Crippen molar-refractivity contribution in [3.8, 4) is 0 Å². The molecule has 1 aromatic rings. The molecule has 3 nitrogen and oxygen atoms in total. The van der Waals surface area contributed by atoms with Crippen molar-refractivity contribution in [1.82, 2.24) is 0 Å². The maximum atomic E-state index is 12.0. The third kappa shape index (κ3) is 2.63. The summed E-state index contributed by atoms with van der Waals surface area (Å²) < 4.78 is 23.9. The summed E-state index contributed by atoms with van der Waals surface area (Å²) in [5.74, 6) is 0. The van der Waals surface area contributed by atoms with E-state index in [0.29, 0.717) is 0 Å². The number of benzene rings is 1. The fourth-order valence-corrected chi connectivity index (χ4v) is 1.23. The quantitative estimate of drug-likeness (QED) is 0.582. The molecule has 1 aromatic carbocycles. The van der Waals surface area contributed by atoms with Gasteiger partial charge in [0.15, 0.2) is 0 Å². The Kier molecular flexibility index (Phi) is 3.35. The number of nitro groups is 1. The number of rotatable bonds is 3. The Balaban J connectivity index is 2.95. The van der Waals surface area contributed by atoms with Crippen LogP contribution < -0.4 is 0 Å². The average molecular weight is 222 g/mol. The van der Waals surface area contributed by atoms with Gasteiger partial charge in [0.05, 0.1) is 9.95 Å². The molecule has 0 spiro atoms. The lowest BCUT2D eigenvalue weighted by Gasteiger charge is -2.02. The van der Waals surface area contributed by atoms with Gasteiger partial charge in [-0.15, -0.1) is 0 Å². The van der Waals surface area contributed by atoms with Gasteiger partial charge in [-0.1, -0.05) is 17.7 Å². The van der Waals surface area contributed by atoms with Crippen molar-refractivity contribution in [1.29, 1.82) is 0 Å². The molecule has 0 saturated heterocycles. The fourth-order valence-electron chi connectivity index (χ4n) is 0.982. The number of nitro benzene ring substituents is 1. The first-order valence-electron chi connectivity index (χ1n) is 3.71. The molecule has 76 valence electrons. The third-order valence-corrected chi connectivity index (χ3v) is 1.97. The molecule has 0 bridgehead atoms. The Morgan fingerprint density at radius 3 is 2.57 bits per heavy atom. The molecule has 0 atom stereocenters. The van der Waals surface area contributed by atoms with Crippen LogP contribution in [0.1, 0.15) is 5.56 Å². The van der Waals surface area contributed by atoms with Crippen LogP contribution in [-0.4, -0.2) is 11.3 Å². The highest BCUT2D eigenvalue weighted by Gasteiger charge is 2.12. The van der Waals surface area contributed by atoms with E-state index in [-0.39, 0.29) is 16.3 Å². The molecule has 0 aliphatic heterocycles. The minimum absolute atomic E-state index is 0.000463. The van der Waals surface area contributed by atoms with Crippen LogP contribution in [0.15, 0.2) is 18.2 Å². The summed E-state index contributed by atoms with van der Waals surface area (Å²) in [6.45, 7) is 0. The van der Waals surface area contributed by atoms with Crippen LogP contribution in [0.25, 0.3) is 0 Å². The third-order valence-electron chi connectivity index (χ3n) is 1.62. The van der Waals surface area contributed by atoms with E-state index in [0.717, 1.165) is 12.1 Å². The van der Waals surface area contributed by atoms with E-state index in [2.05, 4.69) is 0 Å². The van der Waals surface area contributed by atoms with Crippen LogP contribution in [-0.2, 0) is 6.42 Å². The predicted octanol–water partition coefficient (Wildman–Crippen LogP) is 3.06. The van der Waals surface area contributed by atoms with Crippen LogP contribution >= 0.6 is 11.6 Å². The maximum absolute atomic E-state index is 12.0. The van der Waals surface area contributed by atoms with E-state index in [1.807, 2.05) is 0 Å². The van der Waals surface area contributed by atoms with E-state index < -0.39 is 17.8 Å². The maximum Gasteiger partial charge on any atom is 0.270 e. The molecule has 0 aliphatic carbocycles. The average Bonchev–Trinajstić information content (AvgIpc) is 2.07. The lowest BCUT2D eigenvalue weighted by molar-refractivity contribution is -0.384. The second kappa shape index (κ2) is 4.32. The molecule has 1 rings (SSSR count). The smallest absolute Gasteiger partial charge is 0.258 e. The molecular weight excluding hydrogens is 216 g/mol. The van der Waals surface area contributed by atoms with Gasteiger partial charge >= 0.3 is 0 Å². The van der Waals surface area contributed by atoms with Crippen LogP contribution in [0, 0.1) is 10.1 Å². The number of halogens is 3. The standard InChI is InChI=1S/C8H6ClF2NO2/c9-7-4-6(12(13)14)2-1-5(7)3-8(10)11/h1-2,4,8H,3H2. The van der Waals surface area contributed by atoms with E-state index in [1.165, 1.54) is 6.07 Å².